The molecule has 4 aromatic rings. The Bertz CT molecular complexity index is 4160. The van der Waals surface area contributed by atoms with Crippen molar-refractivity contribution in [3.8, 4) is 5.75 Å². The molecule has 0 aliphatic carbocycles. The zero-order valence-corrected chi connectivity index (χ0v) is 72.6. The minimum Gasteiger partial charge on any atom is -0.508 e. The molecule has 3 saturated heterocycles. The highest BCUT2D eigenvalue weighted by Gasteiger charge is 2.47. The molecule has 125 heavy (non-hydrogen) atoms. The Hall–Kier alpha value is -11.0. The number of amides is 13. The molecule has 684 valence electrons. The summed E-state index contributed by atoms with van der Waals surface area (Å²) in [6.45, 7) is 7.51. The van der Waals surface area contributed by atoms with Crippen molar-refractivity contribution >= 4 is 76.8 Å². The van der Waals surface area contributed by atoms with Crippen molar-refractivity contribution in [2.45, 2.75) is 280 Å². The van der Waals surface area contributed by atoms with Crippen LogP contribution >= 0.6 is 0 Å². The molecule has 4 aromatic carbocycles. The summed E-state index contributed by atoms with van der Waals surface area (Å²) >= 11 is 0. The molecule has 3 aliphatic rings. The van der Waals surface area contributed by atoms with Crippen molar-refractivity contribution in [2.75, 3.05) is 32.8 Å². The molecule has 33 heteroatoms. The molecule has 13 amide bonds. The van der Waals surface area contributed by atoms with E-state index in [9.17, 15) is 49.2 Å². The third-order valence-electron chi connectivity index (χ3n) is 22.1. The number of phenolic OH excluding ortho intramolecular Hbond substituents is 1. The summed E-state index contributed by atoms with van der Waals surface area (Å²) in [5.74, 6) is -12.8. The van der Waals surface area contributed by atoms with Crippen LogP contribution in [-0.4, -0.2) is 226 Å². The highest BCUT2D eigenvalue weighted by molar-refractivity contribution is 6.01. The van der Waals surface area contributed by atoms with Crippen LogP contribution in [0.5, 0.6) is 5.75 Å². The van der Waals surface area contributed by atoms with Gasteiger partial charge in [-0.15, -0.1) is 0 Å². The second-order valence-corrected chi connectivity index (χ2v) is 33.1. The number of aliphatic hydroxyl groups excluding tert-OH is 3. The first kappa shape index (κ1) is 101. The van der Waals surface area contributed by atoms with Gasteiger partial charge in [-0.25, -0.2) is 0 Å². The zero-order chi connectivity index (χ0) is 90.7. The number of rotatable bonds is 39. The summed E-state index contributed by atoms with van der Waals surface area (Å²) in [6.07, 6.45) is 10.7. The maximum Gasteiger partial charge on any atom is 0.246 e. The van der Waals surface area contributed by atoms with Gasteiger partial charge in [0.2, 0.25) is 76.8 Å². The van der Waals surface area contributed by atoms with Gasteiger partial charge in [0, 0.05) is 51.6 Å². The molecular formula is C92H132N14O19. The van der Waals surface area contributed by atoms with E-state index in [1.54, 1.807) is 105 Å². The van der Waals surface area contributed by atoms with Gasteiger partial charge in [0.15, 0.2) is 6.29 Å². The number of nitrogens with zero attached hydrogens (tertiary/aromatic N) is 1. The van der Waals surface area contributed by atoms with Crippen molar-refractivity contribution in [1.29, 1.82) is 0 Å². The largest absolute Gasteiger partial charge is 0.508 e. The number of hydrogen-bond donors (Lipinski definition) is 17. The van der Waals surface area contributed by atoms with Crippen LogP contribution in [0.25, 0.3) is 0 Å². The predicted molar refractivity (Wildman–Crippen MR) is 468 cm³/mol. The number of unbranched alkanes of at least 4 members (excludes halogenated alkanes) is 8. The third kappa shape index (κ3) is 34.8. The first-order valence-corrected chi connectivity index (χ1v) is 44.1. The van der Waals surface area contributed by atoms with E-state index < -0.39 is 213 Å². The molecule has 0 saturated carbocycles. The first-order chi connectivity index (χ1) is 60.0. The lowest BCUT2D eigenvalue weighted by atomic mass is 9.96. The highest BCUT2D eigenvalue weighted by atomic mass is 16.7. The maximum atomic E-state index is 15.5. The second-order valence-electron chi connectivity index (χ2n) is 33.1. The van der Waals surface area contributed by atoms with E-state index in [1.165, 1.54) is 48.4 Å². The van der Waals surface area contributed by atoms with Crippen LogP contribution in [0, 0.1) is 11.8 Å². The lowest BCUT2D eigenvalue weighted by Gasteiger charge is -2.42. The number of benzene rings is 4. The van der Waals surface area contributed by atoms with E-state index in [0.29, 0.717) is 35.1 Å². The third-order valence-corrected chi connectivity index (χ3v) is 22.1. The molecule has 19 N–H and O–H groups in total. The number of aromatic hydroxyl groups is 1. The van der Waals surface area contributed by atoms with Crippen molar-refractivity contribution in [3.05, 3.63) is 162 Å². The highest BCUT2D eigenvalue weighted by Crippen LogP contribution is 2.25. The molecule has 0 radical (unpaired) electrons. The summed E-state index contributed by atoms with van der Waals surface area (Å²) in [5, 5.41) is 72.7. The Morgan fingerprint density at radius 3 is 1.55 bits per heavy atom. The molecule has 15 atom stereocenters. The Morgan fingerprint density at radius 1 is 0.528 bits per heavy atom. The van der Waals surface area contributed by atoms with Gasteiger partial charge in [-0.05, 0) is 130 Å². The average molecular weight is 1740 g/mol. The number of allylic oxidation sites excluding steroid dienone is 4. The Kier molecular flexibility index (Phi) is 43.7. The van der Waals surface area contributed by atoms with Gasteiger partial charge in [-0.3, -0.25) is 62.3 Å². The number of carbonyl (C=O) groups is 13. The van der Waals surface area contributed by atoms with Crippen LogP contribution in [0.3, 0.4) is 0 Å². The summed E-state index contributed by atoms with van der Waals surface area (Å²) in [6, 6.07) is 14.4. The molecule has 3 aliphatic heterocycles. The summed E-state index contributed by atoms with van der Waals surface area (Å²) < 4.78 is 11.9. The van der Waals surface area contributed by atoms with Crippen molar-refractivity contribution in [2.24, 2.45) is 23.3 Å². The topological polar surface area (TPSA) is 509 Å². The number of carbonyl (C=O) groups excluding carboxylic acids is 13. The summed E-state index contributed by atoms with van der Waals surface area (Å²) in [4.78, 5) is 194. The molecular weight excluding hydrogens is 1610 g/mol. The molecule has 15 unspecified atom stereocenters. The second kappa shape index (κ2) is 54.0. The molecule has 7 rings (SSSR count). The van der Waals surface area contributed by atoms with Crippen LogP contribution in [-0.2, 0) is 97.5 Å². The van der Waals surface area contributed by atoms with E-state index in [4.69, 9.17) is 20.9 Å². The van der Waals surface area contributed by atoms with Gasteiger partial charge in [-0.1, -0.05) is 194 Å². The monoisotopic (exact) mass is 1740 g/mol. The van der Waals surface area contributed by atoms with Gasteiger partial charge in [0.25, 0.3) is 0 Å². The Balaban J connectivity index is 1.23. The van der Waals surface area contributed by atoms with Crippen molar-refractivity contribution < 1.29 is 92.2 Å². The number of primary amides is 1. The van der Waals surface area contributed by atoms with Crippen molar-refractivity contribution in [3.63, 3.8) is 0 Å². The first-order valence-electron chi connectivity index (χ1n) is 44.1. The lowest BCUT2D eigenvalue weighted by molar-refractivity contribution is -0.269. The van der Waals surface area contributed by atoms with E-state index in [0.717, 1.165) is 44.9 Å². The molecule has 3 heterocycles. The van der Waals surface area contributed by atoms with Gasteiger partial charge in [0.05, 0.1) is 19.6 Å². The van der Waals surface area contributed by atoms with Gasteiger partial charge in [-0.2, -0.15) is 0 Å². The smallest absolute Gasteiger partial charge is 0.246 e. The van der Waals surface area contributed by atoms with Crippen LogP contribution in [0.2, 0.25) is 0 Å². The number of nitrogens with two attached hydrogens (primary N) is 2. The van der Waals surface area contributed by atoms with E-state index in [-0.39, 0.29) is 82.5 Å². The maximum absolute atomic E-state index is 15.5. The minimum atomic E-state index is -2.01. The molecule has 3 fully saturated rings. The van der Waals surface area contributed by atoms with Gasteiger partial charge >= 0.3 is 0 Å². The standard InChI is InChI=1S/C92H132N14O19/c1-6-7-8-9-10-11-12-13-14-15-16-17-18-19-29-40-76(110)104-79-81(113)80(112)74(57-107)125-92(79)124-50-48-95-77(111)56-71-87(119)96-66(45-46-75(94)109)83(115)99-70(54-63-41-43-64(108)44-42-63)88(120)105-78(59(4)5)90(122)97-65(38-30-47-93)82(114)98-67(51-58(2)3)84(116)103-72(55-62-36-27-22-28-37-62)91(123)106-49-31-39-73(106)89(121)102-69(53-61-34-25-21-26-35-61)86(118)100-68(85(117)101-71)52-60-32-23-20-24-33-60/h10-11,13-14,20-28,32-37,41-44,58-59,65-74,78-81,92,107-108,112-113H,6-9,12,15-19,29-31,38-40,45-57,93H2,1-5H3,(H2,94,109)(H,95,111)(H,96,119)(H,97,122)(H,98,114)(H,99,115)(H,100,118)(H,101,117)(H,102,121)(H,103,116)(H,104,110)(H,105,120)/b11-10-,14-13-. The quantitative estimate of drug-likeness (QED) is 0.0225. The SMILES string of the molecule is CCCCC/C=C\C/C=C\CCCCCCCC(=O)NC1C(OCCNC(=O)CC2NC(=O)C(Cc3ccccc3)NC(=O)C(Cc3ccccc3)NC(=O)C3CCCN3C(=O)C(Cc3ccccc3)NC(=O)C(CC(C)C)NC(=O)C(CCCN)NC(=O)C(C(C)C)NC(=O)C(Cc3ccc(O)cc3)NC(=O)C(CCC(N)=O)NC2=O)OC(CO)C(O)C1O. The van der Waals surface area contributed by atoms with E-state index in [2.05, 4.69) is 89.7 Å². The number of ether oxygens (including phenoxy) is 2. The predicted octanol–water partition coefficient (Wildman–Crippen LogP) is 3.00. The molecule has 0 spiro atoms. The fourth-order valence-electron chi connectivity index (χ4n) is 15.1. The Morgan fingerprint density at radius 2 is 1.00 bits per heavy atom. The number of hydrogen-bond acceptors (Lipinski definition) is 20. The van der Waals surface area contributed by atoms with Crippen LogP contribution in [0.15, 0.2) is 140 Å². The number of nitrogens with one attached hydrogen (secondary N) is 11. The molecule has 0 bridgehead atoms. The zero-order valence-electron chi connectivity index (χ0n) is 72.6. The fourth-order valence-corrected chi connectivity index (χ4v) is 15.1. The van der Waals surface area contributed by atoms with Crippen LogP contribution < -0.4 is 70.0 Å². The van der Waals surface area contributed by atoms with E-state index in [1.807, 2.05) is 13.8 Å². The van der Waals surface area contributed by atoms with Gasteiger partial charge < -0.3 is 105 Å². The van der Waals surface area contributed by atoms with E-state index >= 15 is 33.6 Å². The summed E-state index contributed by atoms with van der Waals surface area (Å²) in [7, 11) is 0. The number of phenols is 1. The molecule has 0 aromatic heterocycles. The van der Waals surface area contributed by atoms with Gasteiger partial charge in [0.1, 0.15) is 90.5 Å². The minimum absolute atomic E-state index is 0.0341. The summed E-state index contributed by atoms with van der Waals surface area (Å²) in [5.41, 5.74) is 13.7. The van der Waals surface area contributed by atoms with Crippen molar-refractivity contribution in [1.82, 2.24) is 63.4 Å². The fraction of sp³-hybridized carbons (Fsp3) is 0.554. The number of aliphatic hydroxyl groups is 3. The normalized spacial score (nSPS) is 24.5. The lowest BCUT2D eigenvalue weighted by Crippen LogP contribution is -2.64. The van der Waals surface area contributed by atoms with Crippen LogP contribution in [0.4, 0.5) is 0 Å². The Labute approximate surface area is 732 Å². The van der Waals surface area contributed by atoms with Crippen LogP contribution in [0.1, 0.15) is 185 Å². The molecule has 33 nitrogen and oxygen atoms in total. The number of fused-ring (bicyclic) bond motifs is 1. The average Bonchev–Trinajstić information content (AvgIpc) is 1.79.